The van der Waals surface area contributed by atoms with Gasteiger partial charge in [-0.05, 0) is 129 Å². The summed E-state index contributed by atoms with van der Waals surface area (Å²) in [4.78, 5) is 87.3. The van der Waals surface area contributed by atoms with Gasteiger partial charge in [-0.25, -0.2) is 27.8 Å². The second-order valence-corrected chi connectivity index (χ2v) is 24.9. The highest BCUT2D eigenvalue weighted by Gasteiger charge is 2.54. The minimum atomic E-state index is -4.19. The molecule has 2 fully saturated rings. The number of unbranched alkanes of at least 4 members (excludes halogenated alkanes) is 1. The van der Waals surface area contributed by atoms with Gasteiger partial charge in [-0.3, -0.25) is 24.5 Å². The van der Waals surface area contributed by atoms with Gasteiger partial charge in [-0.1, -0.05) is 70.5 Å². The largest absolute Gasteiger partial charge is 0.550 e. The number of carbonyl (C=O) groups is 5. The molecule has 89 heavy (non-hydrogen) atoms. The minimum absolute atomic E-state index is 0.00833. The van der Waals surface area contributed by atoms with Crippen molar-refractivity contribution in [3.05, 3.63) is 142 Å². The fourth-order valence-corrected chi connectivity index (χ4v) is 13.1. The van der Waals surface area contributed by atoms with Crippen molar-refractivity contribution in [1.29, 1.82) is 0 Å². The molecule has 24 nitrogen and oxygen atoms in total. The monoisotopic (exact) mass is 1250 g/mol. The summed E-state index contributed by atoms with van der Waals surface area (Å²) in [7, 11) is -2.62. The zero-order valence-corrected chi connectivity index (χ0v) is 51.7. The molecule has 26 heteroatoms. The predicted octanol–water partition coefficient (Wildman–Crippen LogP) is 6.51. The van der Waals surface area contributed by atoms with Crippen molar-refractivity contribution >= 4 is 91.0 Å². The Morgan fingerprint density at radius 3 is 2.33 bits per heavy atom. The molecule has 6 heterocycles. The van der Waals surface area contributed by atoms with Crippen molar-refractivity contribution in [3.8, 4) is 11.4 Å². The van der Waals surface area contributed by atoms with Crippen molar-refractivity contribution in [2.24, 2.45) is 5.92 Å². The molecule has 0 aliphatic carbocycles. The third-order valence-corrected chi connectivity index (χ3v) is 18.0. The number of likely N-dealkylation sites (tertiary alicyclic amines) is 1. The SMILES string of the molecule is CCCCNC(=O)Nc1cccc(S(=O)(=O)Nc2cccc(C(CC(=O)[O-])NC(=O)Nc3ccc(NC(=S)N[C@@H](C)C4OC4N4CCC[C@H]4C(N[C@H](C(=O)O[C@]4(CC)C(=O)OCc5c4cc4n(c5=O)Cc5cc6ccccc6nc5-4)C(C)C)OC)cc3)c2)c1. The van der Waals surface area contributed by atoms with Gasteiger partial charge in [0, 0.05) is 71.9 Å². The van der Waals surface area contributed by atoms with E-state index in [9.17, 15) is 42.3 Å². The number of anilines is 4. The van der Waals surface area contributed by atoms with Crippen molar-refractivity contribution in [3.63, 3.8) is 0 Å². The number of hydrogen-bond acceptors (Lipinski definition) is 17. The lowest BCUT2D eigenvalue weighted by Gasteiger charge is -2.38. The quantitative estimate of drug-likeness (QED) is 0.0105. The second kappa shape index (κ2) is 27.1. The molecule has 8 atom stereocenters. The van der Waals surface area contributed by atoms with E-state index in [1.807, 2.05) is 58.0 Å². The van der Waals surface area contributed by atoms with E-state index in [0.29, 0.717) is 53.1 Å². The number of pyridine rings is 2. The van der Waals surface area contributed by atoms with Gasteiger partial charge in [0.15, 0.2) is 5.11 Å². The lowest BCUT2D eigenvalue weighted by molar-refractivity contribution is -0.306. The lowest BCUT2D eigenvalue weighted by atomic mass is 9.85. The van der Waals surface area contributed by atoms with Crippen LogP contribution in [0.15, 0.2) is 119 Å². The number of nitrogens with one attached hydrogen (secondary N) is 8. The summed E-state index contributed by atoms with van der Waals surface area (Å²) in [5.74, 6) is -3.25. The van der Waals surface area contributed by atoms with Crippen LogP contribution in [0.25, 0.3) is 22.3 Å². The maximum atomic E-state index is 14.6. The number of ether oxygens (including phenoxy) is 4. The Hall–Kier alpha value is -8.53. The van der Waals surface area contributed by atoms with Crippen LogP contribution in [0.3, 0.4) is 0 Å². The van der Waals surface area contributed by atoms with Crippen molar-refractivity contribution in [1.82, 2.24) is 35.7 Å². The molecular formula is C63H72N11O13S2-. The predicted molar refractivity (Wildman–Crippen MR) is 335 cm³/mol. The fraction of sp³-hybridized carbons (Fsp3) is 0.397. The molecule has 2 saturated heterocycles. The van der Waals surface area contributed by atoms with Crippen LogP contribution in [0, 0.1) is 5.92 Å². The molecule has 2 aromatic heterocycles. The summed E-state index contributed by atoms with van der Waals surface area (Å²) in [5, 5.41) is 33.7. The average Bonchev–Trinajstić information content (AvgIpc) is 1.71. The first-order valence-corrected chi connectivity index (χ1v) is 31.6. The Morgan fingerprint density at radius 2 is 1.60 bits per heavy atom. The topological polar surface area (TPSA) is 317 Å². The van der Waals surface area contributed by atoms with Gasteiger partial charge >= 0.3 is 24.0 Å². The van der Waals surface area contributed by atoms with Crippen LogP contribution < -0.4 is 52.6 Å². The highest BCUT2D eigenvalue weighted by Crippen LogP contribution is 2.42. The molecule has 0 radical (unpaired) electrons. The number of carboxylic acid groups (broad SMARTS) is 1. The Morgan fingerprint density at radius 1 is 0.865 bits per heavy atom. The number of aromatic nitrogens is 2. The van der Waals surface area contributed by atoms with Gasteiger partial charge in [-0.15, -0.1) is 0 Å². The standard InChI is InChI=1S/C63H73N11O13S2/c1-7-9-26-64-60(80)67-42-17-13-19-44(30-42)89(82,83)72-43-18-12-16-38(29-43)48(32-51(75)76)70-61(81)66-40-22-24-41(25-23-40)68-62(88)65-36(5)54-57(86-54)73-27-14-21-49(73)55(84-6)71-52(35(3)4)58(78)87-63(8-2)46-31-50-53-39(28-37-15-10-11-20-47(37)69-53)33-74(50)56(77)45(46)34-85-59(63)79/h10-13,15-20,22-25,28-31,35-36,48-49,52,54-55,57,71-72H,7-9,14,21,26-27,32-34H2,1-6H3,(H,75,76)(H2,64,67,80)(H2,65,68,88)(H2,66,70,81)/p-1/t36-,48?,49-,52-,54?,55?,57?,63-/m0/s1. The van der Waals surface area contributed by atoms with Crippen LogP contribution in [-0.2, 0) is 62.1 Å². The first-order valence-electron chi connectivity index (χ1n) is 29.7. The number of nitrogens with zero attached hydrogens (tertiary/aromatic N) is 3. The number of thiocarbonyl (C=S) groups is 1. The number of hydrogen-bond donors (Lipinski definition) is 8. The number of carbonyl (C=O) groups excluding carboxylic acids is 5. The van der Waals surface area contributed by atoms with Crippen LogP contribution in [0.2, 0.25) is 0 Å². The number of urea groups is 2. The Balaban J connectivity index is 0.719. The number of amides is 4. The average molecular weight is 1260 g/mol. The van der Waals surface area contributed by atoms with E-state index in [0.717, 1.165) is 42.1 Å². The van der Waals surface area contributed by atoms with E-state index in [1.54, 1.807) is 61.1 Å². The number of para-hydroxylation sites is 1. The first-order chi connectivity index (χ1) is 42.7. The molecule has 10 rings (SSSR count). The number of aliphatic carboxylic acids is 1. The summed E-state index contributed by atoms with van der Waals surface area (Å²) in [6.07, 6.45) is 1.37. The van der Waals surface area contributed by atoms with Crippen LogP contribution in [0.4, 0.5) is 32.3 Å². The number of rotatable bonds is 24. The normalized spacial score (nSPS) is 19.7. The number of epoxide rings is 1. The van der Waals surface area contributed by atoms with Crippen LogP contribution in [-0.4, -0.2) is 115 Å². The summed E-state index contributed by atoms with van der Waals surface area (Å²) in [5.41, 5.74) is 2.68. The van der Waals surface area contributed by atoms with Gasteiger partial charge in [0.1, 0.15) is 31.2 Å². The second-order valence-electron chi connectivity index (χ2n) is 22.8. The maximum absolute atomic E-state index is 14.6. The molecule has 4 aliphatic heterocycles. The number of cyclic esters (lactones) is 1. The van der Waals surface area contributed by atoms with Gasteiger partial charge in [0.25, 0.3) is 15.6 Å². The van der Waals surface area contributed by atoms with E-state index in [2.05, 4.69) is 46.8 Å². The zero-order valence-electron chi connectivity index (χ0n) is 50.0. The van der Waals surface area contributed by atoms with E-state index in [-0.39, 0.29) is 76.3 Å². The smallest absolute Gasteiger partial charge is 0.355 e. The molecule has 8 N–H and O–H groups in total. The minimum Gasteiger partial charge on any atom is -0.550 e. The molecule has 0 bridgehead atoms. The third kappa shape index (κ3) is 14.2. The van der Waals surface area contributed by atoms with Crippen LogP contribution in [0.1, 0.15) is 101 Å². The zero-order chi connectivity index (χ0) is 63.3. The number of sulfonamides is 1. The molecule has 4 unspecified atom stereocenters. The molecule has 6 aromatic rings. The first kappa shape index (κ1) is 63.5. The molecule has 4 aliphatic rings. The van der Waals surface area contributed by atoms with Gasteiger partial charge < -0.3 is 65.3 Å². The van der Waals surface area contributed by atoms with E-state index < -0.39 is 70.3 Å². The number of benzene rings is 4. The highest BCUT2D eigenvalue weighted by atomic mass is 32.2. The Labute approximate surface area is 520 Å². The summed E-state index contributed by atoms with van der Waals surface area (Å²) in [6.45, 7) is 10.6. The number of methoxy groups -OCH3 is 1. The van der Waals surface area contributed by atoms with Crippen LogP contribution >= 0.6 is 12.2 Å². The van der Waals surface area contributed by atoms with Crippen LogP contribution in [0.5, 0.6) is 0 Å². The number of fused-ring (bicyclic) bond motifs is 5. The summed E-state index contributed by atoms with van der Waals surface area (Å²) in [6, 6.07) is 25.9. The number of esters is 2. The number of carboxylic acids is 1. The highest BCUT2D eigenvalue weighted by molar-refractivity contribution is 7.92. The summed E-state index contributed by atoms with van der Waals surface area (Å²) >= 11 is 5.70. The van der Waals surface area contributed by atoms with Gasteiger partial charge in [-0.2, -0.15) is 0 Å². The van der Waals surface area contributed by atoms with E-state index >= 15 is 0 Å². The maximum Gasteiger partial charge on any atom is 0.355 e. The van der Waals surface area contributed by atoms with Crippen molar-refractivity contribution < 1.29 is 56.4 Å². The molecule has 4 aromatic carbocycles. The fourth-order valence-electron chi connectivity index (χ4n) is 11.7. The molecule has 470 valence electrons. The molecular weight excluding hydrogens is 1180 g/mol. The van der Waals surface area contributed by atoms with Gasteiger partial charge in [0.05, 0.1) is 52.0 Å². The van der Waals surface area contributed by atoms with Crippen molar-refractivity contribution in [2.75, 3.05) is 40.9 Å². The van der Waals surface area contributed by atoms with Gasteiger partial charge in [0.2, 0.25) is 5.60 Å². The Kier molecular flexibility index (Phi) is 19.3. The van der Waals surface area contributed by atoms with E-state index in [4.69, 9.17) is 36.1 Å². The van der Waals surface area contributed by atoms with Crippen molar-refractivity contribution in [2.45, 2.75) is 140 Å². The molecule has 0 spiro atoms. The summed E-state index contributed by atoms with van der Waals surface area (Å²) < 4.78 is 55.4. The molecule has 4 amide bonds. The Bertz CT molecular complexity index is 3870. The lowest BCUT2D eigenvalue weighted by Crippen LogP contribution is -2.58. The van der Waals surface area contributed by atoms with E-state index in [1.165, 1.54) is 36.4 Å². The molecule has 0 saturated carbocycles. The third-order valence-electron chi connectivity index (χ3n) is 16.4.